The zero-order chi connectivity index (χ0) is 22.9. The molecule has 2 N–H and O–H groups in total. The van der Waals surface area contributed by atoms with Crippen LogP contribution >= 0.6 is 22.9 Å². The van der Waals surface area contributed by atoms with Gasteiger partial charge in [-0.15, -0.1) is 11.3 Å². The number of benzene rings is 1. The molecule has 0 radical (unpaired) electrons. The molecule has 3 aromatic rings. The first-order chi connectivity index (χ1) is 16.0. The lowest BCUT2D eigenvalue weighted by atomic mass is 9.83. The Balaban J connectivity index is 1.29. The van der Waals surface area contributed by atoms with E-state index in [4.69, 9.17) is 11.6 Å². The van der Waals surface area contributed by atoms with Crippen molar-refractivity contribution in [3.05, 3.63) is 79.9 Å². The molecule has 4 heterocycles. The summed E-state index contributed by atoms with van der Waals surface area (Å²) in [7, 11) is 0. The number of pyridine rings is 1. The number of amides is 3. The molecule has 2 aliphatic rings. The maximum absolute atomic E-state index is 13.1. The third kappa shape index (κ3) is 4.67. The number of rotatable bonds is 4. The molecule has 9 heteroatoms. The van der Waals surface area contributed by atoms with E-state index in [-0.39, 0.29) is 29.0 Å². The van der Waals surface area contributed by atoms with Crippen LogP contribution in [0.4, 0.5) is 16.2 Å². The summed E-state index contributed by atoms with van der Waals surface area (Å²) in [6.07, 6.45) is 1.39. The highest BCUT2D eigenvalue weighted by molar-refractivity contribution is 7.10. The van der Waals surface area contributed by atoms with Crippen LogP contribution in [0, 0.1) is 5.92 Å². The second kappa shape index (κ2) is 9.03. The summed E-state index contributed by atoms with van der Waals surface area (Å²) in [5.41, 5.74) is 1.52. The van der Waals surface area contributed by atoms with Crippen molar-refractivity contribution >= 4 is 46.3 Å². The highest BCUT2D eigenvalue weighted by Crippen LogP contribution is 2.35. The number of carbonyl (C=O) groups excluding carboxylic acids is 2. The van der Waals surface area contributed by atoms with Crippen LogP contribution in [0.5, 0.6) is 0 Å². The largest absolute Gasteiger partial charge is 0.341 e. The minimum absolute atomic E-state index is 0.120. The van der Waals surface area contributed by atoms with Gasteiger partial charge in [-0.25, -0.2) is 4.79 Å². The van der Waals surface area contributed by atoms with Gasteiger partial charge in [0.25, 0.3) is 5.56 Å². The van der Waals surface area contributed by atoms with E-state index in [1.54, 1.807) is 46.2 Å². The lowest BCUT2D eigenvalue weighted by molar-refractivity contribution is -0.133. The number of fused-ring (bicyclic) bond motifs is 4. The Bertz CT molecular complexity index is 1240. The number of halogens is 1. The van der Waals surface area contributed by atoms with Crippen molar-refractivity contribution in [2.24, 2.45) is 5.92 Å². The Hall–Kier alpha value is -3.10. The molecule has 1 aromatic carbocycles. The summed E-state index contributed by atoms with van der Waals surface area (Å²) in [6, 6.07) is 13.7. The van der Waals surface area contributed by atoms with Gasteiger partial charge in [0.1, 0.15) is 5.69 Å². The zero-order valence-electron chi connectivity index (χ0n) is 17.8. The molecule has 1 saturated heterocycles. The predicted molar refractivity (Wildman–Crippen MR) is 130 cm³/mol. The lowest BCUT2D eigenvalue weighted by Gasteiger charge is -2.43. The standard InChI is InChI=1S/C24H23ClN4O3S/c25-17-3-5-18(6-4-17)26-24(32)27-20-7-8-21-16-10-15(13-29(21)23(20)31)12-28(14-16)22(30)11-19-2-1-9-33-19/h1-9,15-16H,10-14H2,(H2,26,27,32)/t15-,16-/m1/s1. The van der Waals surface area contributed by atoms with Crippen LogP contribution in [0.15, 0.2) is 58.7 Å². The molecule has 0 aliphatic carbocycles. The quantitative estimate of drug-likeness (QED) is 0.578. The van der Waals surface area contributed by atoms with Crippen LogP contribution in [0.25, 0.3) is 0 Å². The molecule has 170 valence electrons. The van der Waals surface area contributed by atoms with Crippen LogP contribution < -0.4 is 16.2 Å². The number of hydrogen-bond acceptors (Lipinski definition) is 4. The molecule has 0 spiro atoms. The number of anilines is 2. The minimum atomic E-state index is -0.490. The van der Waals surface area contributed by atoms with E-state index in [0.29, 0.717) is 36.8 Å². The van der Waals surface area contributed by atoms with Crippen LogP contribution in [-0.2, 0) is 17.8 Å². The molecule has 0 saturated carbocycles. The Labute approximate surface area is 200 Å². The Morgan fingerprint density at radius 1 is 1.03 bits per heavy atom. The fourth-order valence-corrected chi connectivity index (χ4v) is 5.56. The van der Waals surface area contributed by atoms with E-state index in [1.807, 2.05) is 28.5 Å². The van der Waals surface area contributed by atoms with E-state index >= 15 is 0 Å². The van der Waals surface area contributed by atoms with E-state index in [0.717, 1.165) is 17.0 Å². The van der Waals surface area contributed by atoms with Gasteiger partial charge in [-0.1, -0.05) is 17.7 Å². The van der Waals surface area contributed by atoms with Gasteiger partial charge in [-0.3, -0.25) is 9.59 Å². The van der Waals surface area contributed by atoms with E-state index in [2.05, 4.69) is 10.6 Å². The summed E-state index contributed by atoms with van der Waals surface area (Å²) in [4.78, 5) is 41.3. The first kappa shape index (κ1) is 21.7. The number of likely N-dealkylation sites (tertiary alicyclic amines) is 1. The van der Waals surface area contributed by atoms with Crippen molar-refractivity contribution in [1.82, 2.24) is 9.47 Å². The Morgan fingerprint density at radius 3 is 2.61 bits per heavy atom. The number of hydrogen-bond donors (Lipinski definition) is 2. The molecule has 0 unspecified atom stereocenters. The normalized spacial score (nSPS) is 19.0. The van der Waals surface area contributed by atoms with Gasteiger partial charge in [0.15, 0.2) is 0 Å². The summed E-state index contributed by atoms with van der Waals surface area (Å²) >= 11 is 7.47. The van der Waals surface area contributed by atoms with Gasteiger partial charge in [0.2, 0.25) is 5.91 Å². The smallest absolute Gasteiger partial charge is 0.323 e. The maximum Gasteiger partial charge on any atom is 0.323 e. The number of nitrogens with one attached hydrogen (secondary N) is 2. The van der Waals surface area contributed by atoms with Gasteiger partial charge >= 0.3 is 6.03 Å². The molecule has 2 atom stereocenters. The van der Waals surface area contributed by atoms with Crippen LogP contribution in [0.1, 0.15) is 22.9 Å². The first-order valence-electron chi connectivity index (χ1n) is 10.8. The molecule has 2 aliphatic heterocycles. The summed E-state index contributed by atoms with van der Waals surface area (Å²) in [5.74, 6) is 0.480. The maximum atomic E-state index is 13.1. The topological polar surface area (TPSA) is 83.4 Å². The van der Waals surface area contributed by atoms with Crippen LogP contribution in [0.3, 0.4) is 0 Å². The summed E-state index contributed by atoms with van der Waals surface area (Å²) < 4.78 is 1.76. The molecule has 33 heavy (non-hydrogen) atoms. The molecule has 5 rings (SSSR count). The van der Waals surface area contributed by atoms with Crippen LogP contribution in [-0.4, -0.2) is 34.5 Å². The van der Waals surface area contributed by atoms with Gasteiger partial charge in [0.05, 0.1) is 6.42 Å². The summed E-state index contributed by atoms with van der Waals surface area (Å²) in [6.45, 7) is 1.81. The van der Waals surface area contributed by atoms with Crippen molar-refractivity contribution in [2.45, 2.75) is 25.3 Å². The monoisotopic (exact) mass is 482 g/mol. The van der Waals surface area contributed by atoms with E-state index in [9.17, 15) is 14.4 Å². The average molecular weight is 483 g/mol. The van der Waals surface area contributed by atoms with E-state index in [1.165, 1.54) is 0 Å². The first-order valence-corrected chi connectivity index (χ1v) is 12.1. The lowest BCUT2D eigenvalue weighted by Crippen LogP contribution is -2.49. The van der Waals surface area contributed by atoms with Crippen molar-refractivity contribution in [2.75, 3.05) is 23.7 Å². The fourth-order valence-electron chi connectivity index (χ4n) is 4.74. The number of urea groups is 1. The Kier molecular flexibility index (Phi) is 5.95. The third-order valence-electron chi connectivity index (χ3n) is 6.21. The minimum Gasteiger partial charge on any atom is -0.341 e. The SMILES string of the molecule is O=C(Nc1ccc(Cl)cc1)Nc1ccc2n(c1=O)C[C@@H]1C[C@@H]2CN(C(=O)Cc2cccs2)C1. The highest BCUT2D eigenvalue weighted by atomic mass is 35.5. The van der Waals surface area contributed by atoms with Crippen LogP contribution in [0.2, 0.25) is 5.02 Å². The fraction of sp³-hybridized carbons (Fsp3) is 0.292. The molecule has 3 amide bonds. The van der Waals surface area contributed by atoms with Gasteiger partial charge in [0, 0.05) is 46.8 Å². The number of thiophene rings is 1. The Morgan fingerprint density at radius 2 is 1.85 bits per heavy atom. The van der Waals surface area contributed by atoms with Gasteiger partial charge in [-0.05, 0) is 60.2 Å². The number of aromatic nitrogens is 1. The second-order valence-electron chi connectivity index (χ2n) is 8.53. The number of carbonyl (C=O) groups is 2. The van der Waals surface area contributed by atoms with E-state index < -0.39 is 6.03 Å². The molecule has 1 fully saturated rings. The number of nitrogens with zero attached hydrogens (tertiary/aromatic N) is 2. The molecule has 2 bridgehead atoms. The molecule has 7 nitrogen and oxygen atoms in total. The van der Waals surface area contributed by atoms with Crippen molar-refractivity contribution in [3.8, 4) is 0 Å². The molecular weight excluding hydrogens is 460 g/mol. The molecule has 2 aromatic heterocycles. The van der Waals surface area contributed by atoms with Gasteiger partial charge in [-0.2, -0.15) is 0 Å². The highest BCUT2D eigenvalue weighted by Gasteiger charge is 2.36. The summed E-state index contributed by atoms with van der Waals surface area (Å²) in [5, 5.41) is 7.92. The second-order valence-corrected chi connectivity index (χ2v) is 10.00. The number of piperidine rings is 1. The third-order valence-corrected chi connectivity index (χ3v) is 7.34. The van der Waals surface area contributed by atoms with Crippen molar-refractivity contribution in [3.63, 3.8) is 0 Å². The molecular formula is C24H23ClN4O3S. The predicted octanol–water partition coefficient (Wildman–Crippen LogP) is 4.40. The van der Waals surface area contributed by atoms with Crippen molar-refractivity contribution in [1.29, 1.82) is 0 Å². The van der Waals surface area contributed by atoms with Crippen molar-refractivity contribution < 1.29 is 9.59 Å². The van der Waals surface area contributed by atoms with Gasteiger partial charge < -0.3 is 20.1 Å². The zero-order valence-corrected chi connectivity index (χ0v) is 19.4. The average Bonchev–Trinajstić information content (AvgIpc) is 3.30.